The summed E-state index contributed by atoms with van der Waals surface area (Å²) in [6.07, 6.45) is 1.56. The zero-order valence-corrected chi connectivity index (χ0v) is 9.77. The van der Waals surface area contributed by atoms with E-state index in [9.17, 15) is 0 Å². The summed E-state index contributed by atoms with van der Waals surface area (Å²) in [5.74, 6) is 0. The summed E-state index contributed by atoms with van der Waals surface area (Å²) in [4.78, 5) is 3.74. The molecule has 0 radical (unpaired) electrons. The maximum Gasteiger partial charge on any atom is 0.215 e. The van der Waals surface area contributed by atoms with Crippen molar-refractivity contribution in [3.8, 4) is 0 Å². The highest BCUT2D eigenvalue weighted by molar-refractivity contribution is 15.0. The van der Waals surface area contributed by atoms with Crippen LogP contribution in [0.2, 0.25) is 0 Å². The molecule has 9 heavy (non-hydrogen) atoms. The Morgan fingerprint density at radius 3 is 2.44 bits per heavy atom. The first-order valence-electron chi connectivity index (χ1n) is 2.01. The van der Waals surface area contributed by atoms with Crippen LogP contribution in [0.15, 0.2) is 6.33 Å². The summed E-state index contributed by atoms with van der Waals surface area (Å²) in [7, 11) is 1.81. The molecule has 0 bridgehead atoms. The van der Waals surface area contributed by atoms with E-state index in [4.69, 9.17) is 12.2 Å². The Morgan fingerprint density at radius 2 is 2.33 bits per heavy atom. The third-order valence-corrected chi connectivity index (χ3v) is 1.09. The summed E-state index contributed by atoms with van der Waals surface area (Å²) < 4.78 is 2.25. The van der Waals surface area contributed by atoms with E-state index < -0.39 is 0 Å². The largest absolute Gasteiger partial charge is 0.286 e. The number of aromatic nitrogens is 3. The van der Waals surface area contributed by atoms with Crippen LogP contribution in [0.4, 0.5) is 0 Å². The molecule has 1 rings (SSSR count). The molecule has 0 amide bonds. The first-order valence-corrected chi connectivity index (χ1v) is 8.71. The SMILES string of the molecule is Cn1[nH]cnc1=S.II. The molecule has 0 saturated heterocycles. The normalized spacial score (nSPS) is 7.89. The van der Waals surface area contributed by atoms with Gasteiger partial charge in [-0.1, -0.05) is 0 Å². The van der Waals surface area contributed by atoms with Gasteiger partial charge in [0.1, 0.15) is 6.33 Å². The molecule has 1 heterocycles. The minimum atomic E-state index is 0.583. The highest BCUT2D eigenvalue weighted by atomic mass is 128. The Balaban J connectivity index is 0.000000291. The fourth-order valence-electron chi connectivity index (χ4n) is 0.313. The number of hydrogen-bond acceptors (Lipinski definition) is 2. The second kappa shape index (κ2) is 5.59. The van der Waals surface area contributed by atoms with Gasteiger partial charge < -0.3 is 0 Å². The van der Waals surface area contributed by atoms with Crippen LogP contribution >= 0.6 is 49.4 Å². The van der Waals surface area contributed by atoms with Gasteiger partial charge in [-0.3, -0.25) is 9.78 Å². The van der Waals surface area contributed by atoms with E-state index >= 15 is 0 Å². The minimum Gasteiger partial charge on any atom is -0.286 e. The van der Waals surface area contributed by atoms with Gasteiger partial charge in [0.2, 0.25) is 4.77 Å². The molecule has 0 atom stereocenters. The molecule has 0 aliphatic carbocycles. The average Bonchev–Trinajstić information content (AvgIpc) is 2.23. The molecule has 0 fully saturated rings. The lowest BCUT2D eigenvalue weighted by Gasteiger charge is -1.80. The van der Waals surface area contributed by atoms with Crippen molar-refractivity contribution >= 4 is 49.4 Å². The highest BCUT2D eigenvalue weighted by Crippen LogP contribution is 1.89. The van der Waals surface area contributed by atoms with Gasteiger partial charge in [-0.15, -0.1) is 0 Å². The van der Waals surface area contributed by atoms with Crippen LogP contribution in [0, 0.1) is 4.77 Å². The Morgan fingerprint density at radius 1 is 1.78 bits per heavy atom. The van der Waals surface area contributed by atoms with Gasteiger partial charge in [-0.25, -0.2) is 4.98 Å². The maximum absolute atomic E-state index is 4.71. The van der Waals surface area contributed by atoms with Gasteiger partial charge in [-0.05, 0) is 12.2 Å². The smallest absolute Gasteiger partial charge is 0.215 e. The third-order valence-electron chi connectivity index (χ3n) is 0.713. The monoisotopic (exact) mass is 369 g/mol. The van der Waals surface area contributed by atoms with Crippen molar-refractivity contribution in [3.63, 3.8) is 0 Å². The van der Waals surface area contributed by atoms with Gasteiger partial charge >= 0.3 is 0 Å². The highest BCUT2D eigenvalue weighted by Gasteiger charge is 1.77. The zero-order valence-electron chi connectivity index (χ0n) is 4.64. The van der Waals surface area contributed by atoms with Crippen LogP contribution in [-0.4, -0.2) is 14.8 Å². The molecule has 1 aromatic rings. The molecule has 0 aliphatic heterocycles. The molecular formula is C3H5I2N3S. The molecule has 0 aromatic carbocycles. The van der Waals surface area contributed by atoms with Crippen molar-refractivity contribution in [1.82, 2.24) is 14.8 Å². The number of nitrogens with zero attached hydrogens (tertiary/aromatic N) is 2. The number of halogens is 2. The minimum absolute atomic E-state index is 0.583. The van der Waals surface area contributed by atoms with E-state index in [-0.39, 0.29) is 0 Å². The summed E-state index contributed by atoms with van der Waals surface area (Å²) in [5.41, 5.74) is 0. The number of aryl methyl sites for hydroxylation is 1. The second-order valence-electron chi connectivity index (χ2n) is 1.23. The van der Waals surface area contributed by atoms with Gasteiger partial charge in [0.15, 0.2) is 0 Å². The lowest BCUT2D eigenvalue weighted by atomic mass is 11.2. The number of nitrogens with one attached hydrogen (secondary N) is 1. The van der Waals surface area contributed by atoms with Crippen molar-refractivity contribution in [2.75, 3.05) is 0 Å². The van der Waals surface area contributed by atoms with Crippen LogP contribution in [0.5, 0.6) is 0 Å². The van der Waals surface area contributed by atoms with Gasteiger partial charge in [0, 0.05) is 44.3 Å². The van der Waals surface area contributed by atoms with Gasteiger partial charge in [0.25, 0.3) is 0 Å². The molecule has 0 aliphatic rings. The molecule has 1 N–H and O–H groups in total. The Bertz CT molecular complexity index is 205. The molecule has 0 spiro atoms. The first kappa shape index (κ1) is 9.82. The predicted octanol–water partition coefficient (Wildman–Crippen LogP) is 2.25. The molecule has 0 unspecified atom stereocenters. The topological polar surface area (TPSA) is 33.6 Å². The molecule has 0 saturated carbocycles. The molecule has 3 nitrogen and oxygen atoms in total. The van der Waals surface area contributed by atoms with Crippen LogP contribution in [0.1, 0.15) is 0 Å². The van der Waals surface area contributed by atoms with Crippen molar-refractivity contribution < 1.29 is 0 Å². The maximum atomic E-state index is 4.71. The standard InChI is InChI=1S/C3H5N3S.I2/c1-6-3(7)4-2-5-6;1-2/h2H,1H3,(H,4,5,7);. The van der Waals surface area contributed by atoms with E-state index in [0.717, 1.165) is 0 Å². The Hall–Kier alpha value is 0.820. The van der Waals surface area contributed by atoms with Crippen molar-refractivity contribution in [2.45, 2.75) is 0 Å². The fraction of sp³-hybridized carbons (Fsp3) is 0.333. The quantitative estimate of drug-likeness (QED) is 0.563. The average molecular weight is 369 g/mol. The first-order chi connectivity index (χ1) is 4.30. The van der Waals surface area contributed by atoms with Crippen LogP contribution in [-0.2, 0) is 7.05 Å². The Kier molecular flexibility index (Phi) is 6.10. The van der Waals surface area contributed by atoms with E-state index in [1.807, 2.05) is 7.05 Å². The molecular weight excluding hydrogens is 364 g/mol. The fourth-order valence-corrected chi connectivity index (χ4v) is 0.418. The van der Waals surface area contributed by atoms with Crippen LogP contribution < -0.4 is 0 Å². The summed E-state index contributed by atoms with van der Waals surface area (Å²) >= 11 is 8.95. The lowest BCUT2D eigenvalue weighted by Crippen LogP contribution is -1.87. The second-order valence-corrected chi connectivity index (χ2v) is 1.59. The van der Waals surface area contributed by atoms with Crippen molar-refractivity contribution in [2.24, 2.45) is 7.05 Å². The van der Waals surface area contributed by atoms with Crippen LogP contribution in [0.3, 0.4) is 0 Å². The lowest BCUT2D eigenvalue weighted by molar-refractivity contribution is 0.754. The molecule has 1 aromatic heterocycles. The Labute approximate surface area is 81.5 Å². The van der Waals surface area contributed by atoms with E-state index in [0.29, 0.717) is 4.77 Å². The van der Waals surface area contributed by atoms with E-state index in [2.05, 4.69) is 47.3 Å². The van der Waals surface area contributed by atoms with Gasteiger partial charge in [0.05, 0.1) is 0 Å². The van der Waals surface area contributed by atoms with E-state index in [1.54, 1.807) is 11.0 Å². The number of rotatable bonds is 0. The number of H-pyrrole nitrogens is 1. The predicted molar refractivity (Wildman–Crippen MR) is 56.4 cm³/mol. The number of aromatic amines is 1. The van der Waals surface area contributed by atoms with Crippen molar-refractivity contribution in [1.29, 1.82) is 0 Å². The number of hydrogen-bond donors (Lipinski definition) is 1. The third kappa shape index (κ3) is 3.50. The summed E-state index contributed by atoms with van der Waals surface area (Å²) in [6.45, 7) is 0. The summed E-state index contributed by atoms with van der Waals surface area (Å²) in [6, 6.07) is 0. The molecule has 6 heteroatoms. The van der Waals surface area contributed by atoms with Gasteiger partial charge in [-0.2, -0.15) is 0 Å². The van der Waals surface area contributed by atoms with E-state index in [1.165, 1.54) is 0 Å². The summed E-state index contributed by atoms with van der Waals surface area (Å²) in [5, 5.41) is 2.77. The van der Waals surface area contributed by atoms with Crippen LogP contribution in [0.25, 0.3) is 0 Å². The van der Waals surface area contributed by atoms with Crippen molar-refractivity contribution in [3.05, 3.63) is 11.1 Å². The molecule has 52 valence electrons. The zero-order chi connectivity index (χ0) is 7.28.